The molecule has 1 unspecified atom stereocenters. The van der Waals surface area contributed by atoms with E-state index < -0.39 is 41.2 Å². The normalized spacial score (nSPS) is 28.8. The van der Waals surface area contributed by atoms with Crippen molar-refractivity contribution in [3.63, 3.8) is 0 Å². The summed E-state index contributed by atoms with van der Waals surface area (Å²) in [5.41, 5.74) is -0.0910. The Morgan fingerprint density at radius 2 is 1.70 bits per heavy atom. The standard InChI is InChI=1S/C28H39N3O6/c1-27(2,3)37-26(36)29-21-14-8-6-4-5-7-13-20-16-28(20,25(34)35)30-23(32)22-15-18-11-9-10-12-19(18)17-31(22)24(21)33/h9-12,20-22H,4-8,13-17H2,1-3H3,(H,29,36)(H,30,32)(H,34,35)/t20-,21-,22?,28+/m0/s1. The van der Waals surface area contributed by atoms with Gasteiger partial charge in [0.2, 0.25) is 11.8 Å². The van der Waals surface area contributed by atoms with Crippen LogP contribution in [0.5, 0.6) is 0 Å². The van der Waals surface area contributed by atoms with E-state index in [1.54, 1.807) is 20.8 Å². The van der Waals surface area contributed by atoms with Crippen LogP contribution < -0.4 is 10.6 Å². The number of ether oxygens (including phenoxy) is 1. The van der Waals surface area contributed by atoms with Crippen LogP contribution in [0.1, 0.15) is 83.3 Å². The van der Waals surface area contributed by atoms with Gasteiger partial charge < -0.3 is 25.4 Å². The zero-order valence-corrected chi connectivity index (χ0v) is 22.0. The first kappa shape index (κ1) is 26.9. The van der Waals surface area contributed by atoms with Crippen LogP contribution in [0.25, 0.3) is 0 Å². The molecule has 0 aromatic heterocycles. The van der Waals surface area contributed by atoms with Crippen molar-refractivity contribution in [2.45, 2.75) is 108 Å². The Balaban J connectivity index is 1.64. The van der Waals surface area contributed by atoms with E-state index in [0.717, 1.165) is 49.7 Å². The number of benzene rings is 1. The molecule has 3 aliphatic rings. The van der Waals surface area contributed by atoms with Gasteiger partial charge in [0.25, 0.3) is 0 Å². The number of nitrogens with one attached hydrogen (secondary N) is 2. The first-order valence-electron chi connectivity index (χ1n) is 13.4. The smallest absolute Gasteiger partial charge is 0.408 e. The van der Waals surface area contributed by atoms with Crippen molar-refractivity contribution in [2.75, 3.05) is 0 Å². The van der Waals surface area contributed by atoms with Crippen molar-refractivity contribution < 1.29 is 29.0 Å². The lowest BCUT2D eigenvalue weighted by atomic mass is 9.92. The van der Waals surface area contributed by atoms with E-state index in [9.17, 15) is 24.3 Å². The predicted octanol–water partition coefficient (Wildman–Crippen LogP) is 3.54. The van der Waals surface area contributed by atoms with E-state index in [2.05, 4.69) is 10.6 Å². The second-order valence-corrected chi connectivity index (χ2v) is 11.7. The molecule has 1 aliphatic carbocycles. The van der Waals surface area contributed by atoms with E-state index in [4.69, 9.17) is 4.74 Å². The number of hydrogen-bond donors (Lipinski definition) is 3. The second kappa shape index (κ2) is 10.7. The fourth-order valence-corrected chi connectivity index (χ4v) is 5.62. The quantitative estimate of drug-likeness (QED) is 0.556. The van der Waals surface area contributed by atoms with Crippen LogP contribution in [-0.2, 0) is 32.1 Å². The van der Waals surface area contributed by atoms with Crippen LogP contribution in [0.15, 0.2) is 24.3 Å². The first-order valence-corrected chi connectivity index (χ1v) is 13.4. The third kappa shape index (κ3) is 6.25. The number of alkyl carbamates (subject to hydrolysis) is 1. The number of amides is 3. The Morgan fingerprint density at radius 3 is 2.38 bits per heavy atom. The number of nitrogens with zero attached hydrogens (tertiary/aromatic N) is 1. The zero-order valence-electron chi connectivity index (χ0n) is 22.0. The average molecular weight is 514 g/mol. The molecule has 2 aliphatic heterocycles. The highest BCUT2D eigenvalue weighted by molar-refractivity contribution is 5.96. The molecule has 202 valence electrons. The van der Waals surface area contributed by atoms with Crippen molar-refractivity contribution in [1.82, 2.24) is 15.5 Å². The van der Waals surface area contributed by atoms with Crippen molar-refractivity contribution in [2.24, 2.45) is 5.92 Å². The highest BCUT2D eigenvalue weighted by Crippen LogP contribution is 2.47. The minimum atomic E-state index is -1.27. The number of carboxylic acid groups (broad SMARTS) is 1. The van der Waals surface area contributed by atoms with Gasteiger partial charge in [0.15, 0.2) is 0 Å². The lowest BCUT2D eigenvalue weighted by molar-refractivity contribution is -0.147. The topological polar surface area (TPSA) is 125 Å². The van der Waals surface area contributed by atoms with Gasteiger partial charge >= 0.3 is 12.1 Å². The van der Waals surface area contributed by atoms with Crippen molar-refractivity contribution in [3.05, 3.63) is 35.4 Å². The van der Waals surface area contributed by atoms with Gasteiger partial charge in [0.1, 0.15) is 23.2 Å². The maximum atomic E-state index is 13.9. The zero-order chi connectivity index (χ0) is 26.8. The fraction of sp³-hybridized carbons (Fsp3) is 0.643. The molecule has 1 aromatic carbocycles. The lowest BCUT2D eigenvalue weighted by Gasteiger charge is -2.38. The lowest BCUT2D eigenvalue weighted by Crippen LogP contribution is -2.60. The molecular weight excluding hydrogens is 474 g/mol. The van der Waals surface area contributed by atoms with E-state index in [0.29, 0.717) is 12.8 Å². The molecule has 2 fully saturated rings. The molecule has 0 radical (unpaired) electrons. The summed E-state index contributed by atoms with van der Waals surface area (Å²) in [5.74, 6) is -1.93. The highest BCUT2D eigenvalue weighted by Gasteiger charge is 2.61. The molecule has 1 saturated carbocycles. The molecule has 9 heteroatoms. The summed E-state index contributed by atoms with van der Waals surface area (Å²) in [5, 5.41) is 15.6. The average Bonchev–Trinajstić information content (AvgIpc) is 3.53. The van der Waals surface area contributed by atoms with Crippen LogP contribution in [0, 0.1) is 5.92 Å². The Kier molecular flexibility index (Phi) is 7.80. The number of carbonyl (C=O) groups excluding carboxylic acids is 3. The molecule has 4 atom stereocenters. The largest absolute Gasteiger partial charge is 0.479 e. The maximum absolute atomic E-state index is 13.9. The Bertz CT molecular complexity index is 1050. The van der Waals surface area contributed by atoms with Gasteiger partial charge in [-0.3, -0.25) is 9.59 Å². The molecule has 37 heavy (non-hydrogen) atoms. The number of hydrogen-bond acceptors (Lipinski definition) is 5. The molecule has 0 spiro atoms. The van der Waals surface area contributed by atoms with Gasteiger partial charge in [-0.25, -0.2) is 9.59 Å². The number of carbonyl (C=O) groups is 4. The van der Waals surface area contributed by atoms with E-state index in [-0.39, 0.29) is 24.8 Å². The number of carboxylic acids is 1. The minimum Gasteiger partial charge on any atom is -0.479 e. The fourth-order valence-electron chi connectivity index (χ4n) is 5.62. The summed E-state index contributed by atoms with van der Waals surface area (Å²) in [6, 6.07) is 5.93. The summed E-state index contributed by atoms with van der Waals surface area (Å²) in [7, 11) is 0. The van der Waals surface area contributed by atoms with Gasteiger partial charge in [0, 0.05) is 13.0 Å². The molecule has 1 aromatic rings. The van der Waals surface area contributed by atoms with E-state index >= 15 is 0 Å². The van der Waals surface area contributed by atoms with Gasteiger partial charge in [-0.05, 0) is 57.1 Å². The predicted molar refractivity (Wildman–Crippen MR) is 137 cm³/mol. The molecule has 1 saturated heterocycles. The molecule has 2 heterocycles. The summed E-state index contributed by atoms with van der Waals surface area (Å²) < 4.78 is 5.42. The second-order valence-electron chi connectivity index (χ2n) is 11.7. The molecule has 4 rings (SSSR count). The van der Waals surface area contributed by atoms with Crippen LogP contribution >= 0.6 is 0 Å². The monoisotopic (exact) mass is 513 g/mol. The Hall–Kier alpha value is -3.10. The van der Waals surface area contributed by atoms with Crippen molar-refractivity contribution >= 4 is 23.9 Å². The highest BCUT2D eigenvalue weighted by atomic mass is 16.6. The summed E-state index contributed by atoms with van der Waals surface area (Å²) in [4.78, 5) is 53.9. The first-order chi connectivity index (χ1) is 17.5. The van der Waals surface area contributed by atoms with Crippen LogP contribution in [0.4, 0.5) is 4.79 Å². The molecule has 9 nitrogen and oxygen atoms in total. The Morgan fingerprint density at radius 1 is 1.05 bits per heavy atom. The maximum Gasteiger partial charge on any atom is 0.408 e. The third-order valence-corrected chi connectivity index (χ3v) is 7.70. The number of rotatable bonds is 2. The van der Waals surface area contributed by atoms with Gasteiger partial charge in [-0.15, -0.1) is 0 Å². The molecule has 0 bridgehead atoms. The van der Waals surface area contributed by atoms with Crippen LogP contribution in [-0.4, -0.2) is 57.1 Å². The van der Waals surface area contributed by atoms with Crippen molar-refractivity contribution in [3.8, 4) is 0 Å². The van der Waals surface area contributed by atoms with Crippen LogP contribution in [0.2, 0.25) is 0 Å². The van der Waals surface area contributed by atoms with E-state index in [1.807, 2.05) is 24.3 Å². The molecule has 3 N–H and O–H groups in total. The number of fused-ring (bicyclic) bond motifs is 3. The van der Waals surface area contributed by atoms with Gasteiger partial charge in [-0.2, -0.15) is 0 Å². The van der Waals surface area contributed by atoms with Gasteiger partial charge in [0.05, 0.1) is 0 Å². The number of aliphatic carboxylic acids is 1. The summed E-state index contributed by atoms with van der Waals surface area (Å²) in [6.07, 6.45) is 5.69. The SMILES string of the molecule is CC(C)(C)OC(=O)N[C@H]1CCCCCCC[C@H]2C[C@@]2(C(=O)O)NC(=O)C2Cc3ccccc3CN2C1=O. The summed E-state index contributed by atoms with van der Waals surface area (Å²) >= 11 is 0. The molecular formula is C28H39N3O6. The van der Waals surface area contributed by atoms with Crippen LogP contribution in [0.3, 0.4) is 0 Å². The Labute approximate surface area is 218 Å². The van der Waals surface area contributed by atoms with Crippen molar-refractivity contribution in [1.29, 1.82) is 0 Å². The van der Waals surface area contributed by atoms with E-state index in [1.165, 1.54) is 4.90 Å². The minimum absolute atomic E-state index is 0.0966. The van der Waals surface area contributed by atoms with Gasteiger partial charge in [-0.1, -0.05) is 56.4 Å². The molecule has 3 amide bonds. The third-order valence-electron chi connectivity index (χ3n) is 7.70. The summed E-state index contributed by atoms with van der Waals surface area (Å²) in [6.45, 7) is 5.49.